The van der Waals surface area contributed by atoms with Crippen LogP contribution in [0.4, 0.5) is 11.4 Å². The molecule has 20 heavy (non-hydrogen) atoms. The zero-order valence-corrected chi connectivity index (χ0v) is 12.4. The van der Waals surface area contributed by atoms with E-state index in [2.05, 4.69) is 17.1 Å². The third-order valence-corrected chi connectivity index (χ3v) is 4.04. The molecule has 6 heteroatoms. The SMILES string of the molecule is CCN(CC1CCCNC1)c1ccc([N+](=O)[O-])cc1Cl. The van der Waals surface area contributed by atoms with Gasteiger partial charge in [0, 0.05) is 25.2 Å². The lowest BCUT2D eigenvalue weighted by molar-refractivity contribution is -0.384. The maximum atomic E-state index is 10.7. The first-order valence-corrected chi connectivity index (χ1v) is 7.39. The first-order valence-electron chi connectivity index (χ1n) is 7.01. The third-order valence-electron chi connectivity index (χ3n) is 3.74. The molecule has 0 bridgehead atoms. The highest BCUT2D eigenvalue weighted by Gasteiger charge is 2.19. The van der Waals surface area contributed by atoms with Crippen LogP contribution < -0.4 is 10.2 Å². The highest BCUT2D eigenvalue weighted by molar-refractivity contribution is 6.33. The molecule has 0 amide bonds. The van der Waals surface area contributed by atoms with Gasteiger partial charge in [0.25, 0.3) is 5.69 Å². The Balaban J connectivity index is 2.12. The lowest BCUT2D eigenvalue weighted by atomic mass is 9.99. The minimum atomic E-state index is -0.420. The Morgan fingerprint density at radius 3 is 2.90 bits per heavy atom. The van der Waals surface area contributed by atoms with Crippen LogP contribution in [0.25, 0.3) is 0 Å². The van der Waals surface area contributed by atoms with E-state index < -0.39 is 4.92 Å². The number of anilines is 1. The maximum Gasteiger partial charge on any atom is 0.271 e. The van der Waals surface area contributed by atoms with Crippen molar-refractivity contribution >= 4 is 23.0 Å². The number of benzene rings is 1. The number of halogens is 1. The predicted molar refractivity (Wildman–Crippen MR) is 81.6 cm³/mol. The van der Waals surface area contributed by atoms with Crippen LogP contribution in [0.15, 0.2) is 18.2 Å². The van der Waals surface area contributed by atoms with Crippen LogP contribution in [-0.4, -0.2) is 31.1 Å². The second-order valence-electron chi connectivity index (χ2n) is 5.14. The number of piperidine rings is 1. The number of hydrogen-bond donors (Lipinski definition) is 1. The largest absolute Gasteiger partial charge is 0.370 e. The fourth-order valence-corrected chi connectivity index (χ4v) is 2.95. The van der Waals surface area contributed by atoms with E-state index in [1.54, 1.807) is 6.07 Å². The standard InChI is InChI=1S/C14H20ClN3O2/c1-2-17(10-11-4-3-7-16-9-11)14-6-5-12(18(19)20)8-13(14)15/h5-6,8,11,16H,2-4,7,9-10H2,1H3. The maximum absolute atomic E-state index is 10.7. The summed E-state index contributed by atoms with van der Waals surface area (Å²) in [7, 11) is 0. The normalized spacial score (nSPS) is 18.8. The molecule has 110 valence electrons. The number of nitro groups is 1. The Hall–Kier alpha value is -1.33. The molecule has 0 aromatic heterocycles. The van der Waals surface area contributed by atoms with Gasteiger partial charge in [0.05, 0.1) is 15.6 Å². The monoisotopic (exact) mass is 297 g/mol. The predicted octanol–water partition coefficient (Wildman–Crippen LogP) is 3.07. The van der Waals surface area contributed by atoms with Crippen LogP contribution in [0.5, 0.6) is 0 Å². The van der Waals surface area contributed by atoms with Gasteiger partial charge in [0.2, 0.25) is 0 Å². The zero-order valence-electron chi connectivity index (χ0n) is 11.6. The third kappa shape index (κ3) is 3.61. The average Bonchev–Trinajstić information content (AvgIpc) is 2.46. The van der Waals surface area contributed by atoms with Gasteiger partial charge in [-0.3, -0.25) is 10.1 Å². The summed E-state index contributed by atoms with van der Waals surface area (Å²) in [5, 5.41) is 14.6. The molecule has 1 aliphatic rings. The van der Waals surface area contributed by atoms with Gasteiger partial charge >= 0.3 is 0 Å². The summed E-state index contributed by atoms with van der Waals surface area (Å²) < 4.78 is 0. The summed E-state index contributed by atoms with van der Waals surface area (Å²) in [6.07, 6.45) is 2.42. The van der Waals surface area contributed by atoms with E-state index in [1.807, 2.05) is 0 Å². The molecule has 1 atom stereocenters. The molecular formula is C14H20ClN3O2. The van der Waals surface area contributed by atoms with E-state index in [1.165, 1.54) is 25.0 Å². The molecule has 1 fully saturated rings. The number of nitrogens with one attached hydrogen (secondary N) is 1. The highest BCUT2D eigenvalue weighted by atomic mass is 35.5. The molecule has 1 aliphatic heterocycles. The van der Waals surface area contributed by atoms with E-state index in [4.69, 9.17) is 11.6 Å². The summed E-state index contributed by atoms with van der Waals surface area (Å²) in [4.78, 5) is 12.5. The number of nitro benzene ring substituents is 1. The Morgan fingerprint density at radius 1 is 1.55 bits per heavy atom. The molecule has 1 unspecified atom stereocenters. The van der Waals surface area contributed by atoms with Crippen molar-refractivity contribution in [3.05, 3.63) is 33.3 Å². The van der Waals surface area contributed by atoms with E-state index in [0.29, 0.717) is 10.9 Å². The number of nitrogens with zero attached hydrogens (tertiary/aromatic N) is 2. The van der Waals surface area contributed by atoms with Gasteiger partial charge in [-0.2, -0.15) is 0 Å². The first-order chi connectivity index (χ1) is 9.61. The molecule has 1 N–H and O–H groups in total. The molecule has 0 saturated carbocycles. The van der Waals surface area contributed by atoms with Crippen molar-refractivity contribution in [2.45, 2.75) is 19.8 Å². The molecule has 1 saturated heterocycles. The topological polar surface area (TPSA) is 58.4 Å². The number of rotatable bonds is 5. The van der Waals surface area contributed by atoms with Crippen molar-refractivity contribution < 1.29 is 4.92 Å². The van der Waals surface area contributed by atoms with Crippen molar-refractivity contribution in [2.75, 3.05) is 31.1 Å². The summed E-state index contributed by atoms with van der Waals surface area (Å²) in [5.74, 6) is 0.606. The van der Waals surface area contributed by atoms with Gasteiger partial charge < -0.3 is 10.2 Å². The molecule has 1 aromatic carbocycles. The Morgan fingerprint density at radius 2 is 2.35 bits per heavy atom. The molecule has 0 aliphatic carbocycles. The fraction of sp³-hybridized carbons (Fsp3) is 0.571. The minimum Gasteiger partial charge on any atom is -0.370 e. The second kappa shape index (κ2) is 6.90. The van der Waals surface area contributed by atoms with E-state index >= 15 is 0 Å². The van der Waals surface area contributed by atoms with E-state index in [9.17, 15) is 10.1 Å². The fourth-order valence-electron chi connectivity index (χ4n) is 2.66. The second-order valence-corrected chi connectivity index (χ2v) is 5.55. The Labute approximate surface area is 124 Å². The zero-order chi connectivity index (χ0) is 14.5. The highest BCUT2D eigenvalue weighted by Crippen LogP contribution is 2.30. The van der Waals surface area contributed by atoms with Gasteiger partial charge in [0.1, 0.15) is 0 Å². The van der Waals surface area contributed by atoms with Gasteiger partial charge in [-0.15, -0.1) is 0 Å². The van der Waals surface area contributed by atoms with E-state index in [0.717, 1.165) is 31.9 Å². The van der Waals surface area contributed by atoms with Crippen molar-refractivity contribution in [1.29, 1.82) is 0 Å². The van der Waals surface area contributed by atoms with Gasteiger partial charge in [-0.25, -0.2) is 0 Å². The van der Waals surface area contributed by atoms with Crippen LogP contribution in [-0.2, 0) is 0 Å². The van der Waals surface area contributed by atoms with Crippen LogP contribution in [0.1, 0.15) is 19.8 Å². The summed E-state index contributed by atoms with van der Waals surface area (Å²) in [6, 6.07) is 4.70. The van der Waals surface area contributed by atoms with Gasteiger partial charge in [-0.05, 0) is 44.8 Å². The van der Waals surface area contributed by atoms with Crippen molar-refractivity contribution in [3.63, 3.8) is 0 Å². The quantitative estimate of drug-likeness (QED) is 0.670. The van der Waals surface area contributed by atoms with Crippen LogP contribution >= 0.6 is 11.6 Å². The lowest BCUT2D eigenvalue weighted by Gasteiger charge is -2.31. The number of non-ortho nitro benzene ring substituents is 1. The van der Waals surface area contributed by atoms with E-state index in [-0.39, 0.29) is 5.69 Å². The first kappa shape index (κ1) is 15.1. The van der Waals surface area contributed by atoms with Crippen LogP contribution in [0.2, 0.25) is 5.02 Å². The molecule has 0 spiro atoms. The molecule has 1 aromatic rings. The van der Waals surface area contributed by atoms with Crippen molar-refractivity contribution in [1.82, 2.24) is 5.32 Å². The smallest absolute Gasteiger partial charge is 0.271 e. The Bertz CT molecular complexity index is 475. The van der Waals surface area contributed by atoms with Gasteiger partial charge in [0.15, 0.2) is 0 Å². The molecule has 5 nitrogen and oxygen atoms in total. The van der Waals surface area contributed by atoms with Crippen molar-refractivity contribution in [2.24, 2.45) is 5.92 Å². The summed E-state index contributed by atoms with van der Waals surface area (Å²) in [6.45, 7) is 5.98. The van der Waals surface area contributed by atoms with Gasteiger partial charge in [-0.1, -0.05) is 11.6 Å². The molecular weight excluding hydrogens is 278 g/mol. The molecule has 1 heterocycles. The molecule has 0 radical (unpaired) electrons. The molecule has 2 rings (SSSR count). The van der Waals surface area contributed by atoms with Crippen molar-refractivity contribution in [3.8, 4) is 0 Å². The van der Waals surface area contributed by atoms with Crippen LogP contribution in [0, 0.1) is 16.0 Å². The average molecular weight is 298 g/mol. The Kier molecular flexibility index (Phi) is 5.20. The summed E-state index contributed by atoms with van der Waals surface area (Å²) >= 11 is 6.20. The van der Waals surface area contributed by atoms with Crippen LogP contribution in [0.3, 0.4) is 0 Å². The summed E-state index contributed by atoms with van der Waals surface area (Å²) in [5.41, 5.74) is 0.916. The number of hydrogen-bond acceptors (Lipinski definition) is 4. The lowest BCUT2D eigenvalue weighted by Crippen LogP contribution is -2.38. The minimum absolute atomic E-state index is 0.0362.